The minimum atomic E-state index is 0.955. The number of hydrogen-bond donors (Lipinski definition) is 0. The highest BCUT2D eigenvalue weighted by molar-refractivity contribution is 6.12. The Labute approximate surface area is 226 Å². The van der Waals surface area contributed by atoms with Crippen LogP contribution < -0.4 is 0 Å². The van der Waals surface area contributed by atoms with E-state index in [0.717, 1.165) is 28.1 Å². The van der Waals surface area contributed by atoms with Crippen LogP contribution in [0.4, 0.5) is 0 Å². The average molecular weight is 497 g/mol. The van der Waals surface area contributed by atoms with Crippen molar-refractivity contribution in [3.63, 3.8) is 0 Å². The summed E-state index contributed by atoms with van der Waals surface area (Å²) in [6.45, 7) is 0. The van der Waals surface area contributed by atoms with E-state index < -0.39 is 0 Å². The molecule has 7 aromatic carbocycles. The van der Waals surface area contributed by atoms with Crippen LogP contribution in [0.2, 0.25) is 0 Å². The van der Waals surface area contributed by atoms with Gasteiger partial charge >= 0.3 is 0 Å². The van der Waals surface area contributed by atoms with Gasteiger partial charge in [-0.15, -0.1) is 0 Å². The van der Waals surface area contributed by atoms with Crippen molar-refractivity contribution in [1.82, 2.24) is 9.55 Å². The molecule has 0 aliphatic carbocycles. The summed E-state index contributed by atoms with van der Waals surface area (Å²) in [7, 11) is 0. The van der Waals surface area contributed by atoms with Crippen molar-refractivity contribution >= 4 is 43.4 Å². The van der Waals surface area contributed by atoms with Crippen LogP contribution >= 0.6 is 0 Å². The number of imidazole rings is 1. The lowest BCUT2D eigenvalue weighted by Gasteiger charge is -2.14. The van der Waals surface area contributed by atoms with Crippen LogP contribution in [0.5, 0.6) is 0 Å². The second-order valence-electron chi connectivity index (χ2n) is 10.0. The topological polar surface area (TPSA) is 17.8 Å². The van der Waals surface area contributed by atoms with Gasteiger partial charge in [0.15, 0.2) is 0 Å². The molecule has 8 aromatic rings. The number of para-hydroxylation sites is 2. The largest absolute Gasteiger partial charge is 0.292 e. The van der Waals surface area contributed by atoms with Crippen LogP contribution in [-0.4, -0.2) is 9.55 Å². The summed E-state index contributed by atoms with van der Waals surface area (Å²) >= 11 is 0. The molecule has 2 heteroatoms. The van der Waals surface area contributed by atoms with Gasteiger partial charge in [0.1, 0.15) is 5.82 Å². The van der Waals surface area contributed by atoms with Crippen molar-refractivity contribution < 1.29 is 0 Å². The third-order valence-corrected chi connectivity index (χ3v) is 7.78. The third kappa shape index (κ3) is 3.46. The van der Waals surface area contributed by atoms with Crippen LogP contribution in [0.3, 0.4) is 0 Å². The third-order valence-electron chi connectivity index (χ3n) is 7.78. The van der Waals surface area contributed by atoms with E-state index in [1.54, 1.807) is 0 Å². The van der Waals surface area contributed by atoms with E-state index in [0.29, 0.717) is 0 Å². The molecule has 0 fully saturated rings. The van der Waals surface area contributed by atoms with Crippen LogP contribution in [0.25, 0.3) is 71.6 Å². The van der Waals surface area contributed by atoms with Crippen molar-refractivity contribution in [2.45, 2.75) is 0 Å². The number of nitrogens with zero attached hydrogens (tertiary/aromatic N) is 2. The highest BCUT2D eigenvalue weighted by Gasteiger charge is 2.17. The molecule has 0 radical (unpaired) electrons. The summed E-state index contributed by atoms with van der Waals surface area (Å²) in [6, 6.07) is 52.0. The van der Waals surface area contributed by atoms with Crippen molar-refractivity contribution in [2.75, 3.05) is 0 Å². The lowest BCUT2D eigenvalue weighted by molar-refractivity contribution is 1.11. The van der Waals surface area contributed by atoms with Gasteiger partial charge in [0.2, 0.25) is 0 Å². The molecule has 0 unspecified atom stereocenters. The van der Waals surface area contributed by atoms with Crippen LogP contribution in [0.15, 0.2) is 146 Å². The summed E-state index contributed by atoms with van der Waals surface area (Å²) in [5.41, 5.74) is 6.81. The Kier molecular flexibility index (Phi) is 4.86. The maximum Gasteiger partial charge on any atom is 0.146 e. The molecule has 0 atom stereocenters. The van der Waals surface area contributed by atoms with Gasteiger partial charge in [-0.25, -0.2) is 4.98 Å². The summed E-state index contributed by atoms with van der Waals surface area (Å²) in [5.74, 6) is 0.955. The van der Waals surface area contributed by atoms with Crippen molar-refractivity contribution in [3.05, 3.63) is 146 Å². The number of benzene rings is 7. The standard InChI is InChI=1S/C37H24N2/c1-4-14-30-25(10-1)13-9-17-33(30)37-38-34-18-7-8-19-35(34)39(37)29-22-20-26(21-23-29)36-31-15-5-2-11-27(31)24-28-12-3-6-16-32(28)36/h1-24H. The molecular weight excluding hydrogens is 472 g/mol. The van der Waals surface area contributed by atoms with Gasteiger partial charge in [-0.1, -0.05) is 115 Å². The number of rotatable bonds is 3. The predicted molar refractivity (Wildman–Crippen MR) is 164 cm³/mol. The van der Waals surface area contributed by atoms with Gasteiger partial charge in [-0.2, -0.15) is 0 Å². The fraction of sp³-hybridized carbons (Fsp3) is 0. The Morgan fingerprint density at radius 3 is 1.79 bits per heavy atom. The van der Waals surface area contributed by atoms with Gasteiger partial charge in [0, 0.05) is 11.3 Å². The van der Waals surface area contributed by atoms with E-state index in [9.17, 15) is 0 Å². The van der Waals surface area contributed by atoms with E-state index in [-0.39, 0.29) is 0 Å². The molecule has 1 aromatic heterocycles. The summed E-state index contributed by atoms with van der Waals surface area (Å²) in [4.78, 5) is 5.13. The maximum atomic E-state index is 5.13. The number of hydrogen-bond acceptors (Lipinski definition) is 1. The van der Waals surface area contributed by atoms with Crippen molar-refractivity contribution in [1.29, 1.82) is 0 Å². The SMILES string of the molecule is c1ccc2c(-c3nc4ccccc4n3-c3ccc(-c4c5ccccc5cc5ccccc45)cc3)cccc2c1. The zero-order valence-electron chi connectivity index (χ0n) is 21.3. The first-order valence-electron chi connectivity index (χ1n) is 13.3. The lowest BCUT2D eigenvalue weighted by Crippen LogP contribution is -1.98. The Morgan fingerprint density at radius 2 is 1.05 bits per heavy atom. The average Bonchev–Trinajstić information content (AvgIpc) is 3.39. The second kappa shape index (κ2) is 8.68. The van der Waals surface area contributed by atoms with Gasteiger partial charge < -0.3 is 0 Å². The Balaban J connectivity index is 1.36. The van der Waals surface area contributed by atoms with E-state index in [2.05, 4.69) is 150 Å². The first kappa shape index (κ1) is 21.8. The first-order chi connectivity index (χ1) is 19.3. The lowest BCUT2D eigenvalue weighted by atomic mass is 9.92. The van der Waals surface area contributed by atoms with Crippen LogP contribution in [0, 0.1) is 0 Å². The minimum absolute atomic E-state index is 0.955. The Bertz CT molecular complexity index is 2110. The van der Waals surface area contributed by atoms with Gasteiger partial charge in [0.05, 0.1) is 11.0 Å². The van der Waals surface area contributed by atoms with Crippen molar-refractivity contribution in [2.24, 2.45) is 0 Å². The molecule has 39 heavy (non-hydrogen) atoms. The molecule has 0 saturated heterocycles. The van der Waals surface area contributed by atoms with Crippen LogP contribution in [0.1, 0.15) is 0 Å². The van der Waals surface area contributed by atoms with Crippen LogP contribution in [-0.2, 0) is 0 Å². The number of aromatic nitrogens is 2. The summed E-state index contributed by atoms with van der Waals surface area (Å²) in [6.07, 6.45) is 0. The quantitative estimate of drug-likeness (QED) is 0.223. The predicted octanol–water partition coefficient (Wildman–Crippen LogP) is 9.82. The van der Waals surface area contributed by atoms with E-state index in [1.165, 1.54) is 43.4 Å². The molecular formula is C37H24N2. The molecule has 0 amide bonds. The van der Waals surface area contributed by atoms with E-state index in [4.69, 9.17) is 4.98 Å². The molecule has 182 valence electrons. The first-order valence-corrected chi connectivity index (χ1v) is 13.3. The molecule has 1 heterocycles. The molecule has 0 aliphatic rings. The zero-order valence-corrected chi connectivity index (χ0v) is 21.3. The second-order valence-corrected chi connectivity index (χ2v) is 10.0. The molecule has 0 bridgehead atoms. The fourth-order valence-corrected chi connectivity index (χ4v) is 5.99. The fourth-order valence-electron chi connectivity index (χ4n) is 5.99. The smallest absolute Gasteiger partial charge is 0.146 e. The monoisotopic (exact) mass is 496 g/mol. The van der Waals surface area contributed by atoms with Gasteiger partial charge in [-0.05, 0) is 73.8 Å². The molecule has 0 N–H and O–H groups in total. The van der Waals surface area contributed by atoms with E-state index in [1.807, 2.05) is 0 Å². The minimum Gasteiger partial charge on any atom is -0.292 e. The maximum absolute atomic E-state index is 5.13. The Hall–Kier alpha value is -5.21. The molecule has 0 saturated carbocycles. The highest BCUT2D eigenvalue weighted by atomic mass is 15.1. The summed E-state index contributed by atoms with van der Waals surface area (Å²) in [5, 5.41) is 7.48. The van der Waals surface area contributed by atoms with E-state index >= 15 is 0 Å². The molecule has 2 nitrogen and oxygen atoms in total. The zero-order chi connectivity index (χ0) is 25.8. The van der Waals surface area contributed by atoms with Gasteiger partial charge in [-0.3, -0.25) is 4.57 Å². The molecule has 8 rings (SSSR count). The summed E-state index contributed by atoms with van der Waals surface area (Å²) < 4.78 is 2.29. The van der Waals surface area contributed by atoms with Gasteiger partial charge in [0.25, 0.3) is 0 Å². The molecule has 0 spiro atoms. The number of fused-ring (bicyclic) bond motifs is 4. The van der Waals surface area contributed by atoms with Crippen molar-refractivity contribution in [3.8, 4) is 28.2 Å². The highest BCUT2D eigenvalue weighted by Crippen LogP contribution is 2.38. The Morgan fingerprint density at radius 1 is 0.462 bits per heavy atom. The normalized spacial score (nSPS) is 11.6. The molecule has 0 aliphatic heterocycles.